The van der Waals surface area contributed by atoms with E-state index in [2.05, 4.69) is 21.9 Å². The number of rotatable bonds is 3. The van der Waals surface area contributed by atoms with E-state index in [1.165, 1.54) is 19.3 Å². The lowest BCUT2D eigenvalue weighted by Gasteiger charge is -2.31. The van der Waals surface area contributed by atoms with Crippen molar-refractivity contribution in [3.8, 4) is 0 Å². The monoisotopic (exact) mass is 242 g/mol. The molecule has 0 radical (unpaired) electrons. The van der Waals surface area contributed by atoms with Gasteiger partial charge in [-0.25, -0.2) is 9.97 Å². The number of hydrogen-bond donors (Lipinski definition) is 1. The maximum absolute atomic E-state index is 5.86. The van der Waals surface area contributed by atoms with Crippen LogP contribution in [0.15, 0.2) is 24.5 Å². The lowest BCUT2D eigenvalue weighted by atomic mass is 9.85. The Morgan fingerprint density at radius 3 is 2.89 bits per heavy atom. The topological polar surface area (TPSA) is 55.0 Å². The zero-order chi connectivity index (χ0) is 12.5. The van der Waals surface area contributed by atoms with E-state index < -0.39 is 0 Å². The van der Waals surface area contributed by atoms with Gasteiger partial charge in [0.05, 0.1) is 5.52 Å². The van der Waals surface area contributed by atoms with Crippen molar-refractivity contribution in [3.63, 3.8) is 0 Å². The molecular weight excluding hydrogens is 224 g/mol. The number of fused-ring (bicyclic) bond motifs is 1. The van der Waals surface area contributed by atoms with Crippen LogP contribution in [0, 0.1) is 5.92 Å². The fraction of sp³-hybridized carbons (Fsp3) is 0.429. The van der Waals surface area contributed by atoms with Crippen molar-refractivity contribution in [2.75, 3.05) is 24.2 Å². The molecule has 1 aromatic heterocycles. The van der Waals surface area contributed by atoms with Crippen LogP contribution in [0.1, 0.15) is 19.3 Å². The third-order valence-electron chi connectivity index (χ3n) is 3.76. The molecule has 4 nitrogen and oxygen atoms in total. The predicted molar refractivity (Wildman–Crippen MR) is 74.6 cm³/mol. The summed E-state index contributed by atoms with van der Waals surface area (Å²) in [6.45, 7) is 1.07. The molecule has 1 aromatic carbocycles. The van der Waals surface area contributed by atoms with Gasteiger partial charge in [-0.1, -0.05) is 6.42 Å². The molecule has 1 fully saturated rings. The predicted octanol–water partition coefficient (Wildman–Crippen LogP) is 2.45. The highest BCUT2D eigenvalue weighted by Gasteiger charge is 2.20. The normalized spacial score (nSPS) is 15.6. The van der Waals surface area contributed by atoms with E-state index in [1.807, 2.05) is 18.2 Å². The smallest absolute Gasteiger partial charge is 0.139 e. The minimum atomic E-state index is 0.760. The van der Waals surface area contributed by atoms with Crippen LogP contribution in [0.25, 0.3) is 10.9 Å². The van der Waals surface area contributed by atoms with Gasteiger partial charge in [-0.2, -0.15) is 0 Å². The molecule has 0 aliphatic heterocycles. The Labute approximate surface area is 107 Å². The van der Waals surface area contributed by atoms with Gasteiger partial charge in [0, 0.05) is 24.7 Å². The van der Waals surface area contributed by atoms with E-state index >= 15 is 0 Å². The highest BCUT2D eigenvalue weighted by molar-refractivity contribution is 5.91. The van der Waals surface area contributed by atoms with Gasteiger partial charge in [0.25, 0.3) is 0 Å². The molecule has 18 heavy (non-hydrogen) atoms. The molecule has 0 saturated heterocycles. The average molecular weight is 242 g/mol. The highest BCUT2D eigenvalue weighted by Crippen LogP contribution is 2.30. The molecule has 94 valence electrons. The molecule has 0 atom stereocenters. The van der Waals surface area contributed by atoms with Crippen molar-refractivity contribution in [2.24, 2.45) is 5.92 Å². The first-order valence-corrected chi connectivity index (χ1v) is 6.45. The first kappa shape index (κ1) is 11.3. The molecule has 1 aliphatic carbocycles. The van der Waals surface area contributed by atoms with Crippen molar-refractivity contribution < 1.29 is 0 Å². The van der Waals surface area contributed by atoms with Gasteiger partial charge < -0.3 is 10.6 Å². The first-order chi connectivity index (χ1) is 8.74. The molecule has 1 heterocycles. The summed E-state index contributed by atoms with van der Waals surface area (Å²) in [5.74, 6) is 1.81. The summed E-state index contributed by atoms with van der Waals surface area (Å²) in [6, 6.07) is 5.79. The number of nitrogens with zero attached hydrogens (tertiary/aromatic N) is 3. The third-order valence-corrected chi connectivity index (χ3v) is 3.76. The zero-order valence-corrected chi connectivity index (χ0v) is 10.6. The maximum Gasteiger partial charge on any atom is 0.139 e. The van der Waals surface area contributed by atoms with Gasteiger partial charge >= 0.3 is 0 Å². The second kappa shape index (κ2) is 4.44. The molecule has 3 rings (SSSR count). The lowest BCUT2D eigenvalue weighted by molar-refractivity contribution is 0.321. The number of anilines is 2. The largest absolute Gasteiger partial charge is 0.399 e. The number of nitrogen functional groups attached to an aromatic ring is 1. The fourth-order valence-corrected chi connectivity index (χ4v) is 2.51. The SMILES string of the molecule is CN(CC1CCC1)c1ncnc2ccc(N)cc12. The molecule has 0 amide bonds. The van der Waals surface area contributed by atoms with Crippen LogP contribution in [0.3, 0.4) is 0 Å². The van der Waals surface area contributed by atoms with Crippen molar-refractivity contribution in [3.05, 3.63) is 24.5 Å². The molecule has 4 heteroatoms. The van der Waals surface area contributed by atoms with Crippen LogP contribution in [-0.4, -0.2) is 23.6 Å². The zero-order valence-electron chi connectivity index (χ0n) is 10.6. The Balaban J connectivity index is 1.96. The Morgan fingerprint density at radius 1 is 1.33 bits per heavy atom. The molecule has 2 N–H and O–H groups in total. The molecule has 0 unspecified atom stereocenters. The molecule has 1 aliphatic rings. The number of nitrogens with two attached hydrogens (primary N) is 1. The number of aromatic nitrogens is 2. The Bertz CT molecular complexity index is 563. The van der Waals surface area contributed by atoms with Gasteiger partial charge in [0.2, 0.25) is 0 Å². The summed E-state index contributed by atoms with van der Waals surface area (Å²) in [5.41, 5.74) is 7.57. The molecule has 2 aromatic rings. The second-order valence-electron chi connectivity index (χ2n) is 5.15. The maximum atomic E-state index is 5.86. The summed E-state index contributed by atoms with van der Waals surface area (Å²) in [4.78, 5) is 10.9. The van der Waals surface area contributed by atoms with Gasteiger partial charge in [0.1, 0.15) is 12.1 Å². The summed E-state index contributed by atoms with van der Waals surface area (Å²) < 4.78 is 0. The highest BCUT2D eigenvalue weighted by atomic mass is 15.2. The molecule has 1 saturated carbocycles. The van der Waals surface area contributed by atoms with Gasteiger partial charge in [-0.3, -0.25) is 0 Å². The van der Waals surface area contributed by atoms with Gasteiger partial charge in [-0.15, -0.1) is 0 Å². The second-order valence-corrected chi connectivity index (χ2v) is 5.15. The first-order valence-electron chi connectivity index (χ1n) is 6.45. The van der Waals surface area contributed by atoms with E-state index in [4.69, 9.17) is 5.73 Å². The minimum absolute atomic E-state index is 0.760. The van der Waals surface area contributed by atoms with Crippen LogP contribution >= 0.6 is 0 Å². The van der Waals surface area contributed by atoms with Crippen molar-refractivity contribution >= 4 is 22.4 Å². The number of hydrogen-bond acceptors (Lipinski definition) is 4. The number of benzene rings is 1. The van der Waals surface area contributed by atoms with Crippen LogP contribution in [-0.2, 0) is 0 Å². The summed E-state index contributed by atoms with van der Waals surface area (Å²) in [5, 5.41) is 1.04. The summed E-state index contributed by atoms with van der Waals surface area (Å²) >= 11 is 0. The van der Waals surface area contributed by atoms with E-state index in [9.17, 15) is 0 Å². The Kier molecular flexibility index (Phi) is 2.78. The summed E-state index contributed by atoms with van der Waals surface area (Å²) in [7, 11) is 2.10. The van der Waals surface area contributed by atoms with Crippen molar-refractivity contribution in [1.82, 2.24) is 9.97 Å². The average Bonchev–Trinajstić information content (AvgIpc) is 2.32. The van der Waals surface area contributed by atoms with Crippen LogP contribution in [0.2, 0.25) is 0 Å². The quantitative estimate of drug-likeness (QED) is 0.840. The minimum Gasteiger partial charge on any atom is -0.399 e. The fourth-order valence-electron chi connectivity index (χ4n) is 2.51. The summed E-state index contributed by atoms with van der Waals surface area (Å²) in [6.07, 6.45) is 5.69. The molecular formula is C14H18N4. The van der Waals surface area contributed by atoms with Gasteiger partial charge in [0.15, 0.2) is 0 Å². The standard InChI is InChI=1S/C14H18N4/c1-18(8-10-3-2-4-10)14-12-7-11(15)5-6-13(12)16-9-17-14/h5-7,9-10H,2-4,8,15H2,1H3. The molecule has 0 spiro atoms. The Morgan fingerprint density at radius 2 is 2.17 bits per heavy atom. The third kappa shape index (κ3) is 1.98. The molecule has 0 bridgehead atoms. The van der Waals surface area contributed by atoms with Crippen molar-refractivity contribution in [1.29, 1.82) is 0 Å². The van der Waals surface area contributed by atoms with E-state index in [0.29, 0.717) is 0 Å². The van der Waals surface area contributed by atoms with E-state index in [-0.39, 0.29) is 0 Å². The lowest BCUT2D eigenvalue weighted by Crippen LogP contribution is -2.30. The van der Waals surface area contributed by atoms with Crippen LogP contribution < -0.4 is 10.6 Å². The van der Waals surface area contributed by atoms with Crippen LogP contribution in [0.5, 0.6) is 0 Å². The van der Waals surface area contributed by atoms with E-state index in [1.54, 1.807) is 6.33 Å². The van der Waals surface area contributed by atoms with Gasteiger partial charge in [-0.05, 0) is 37.0 Å². The van der Waals surface area contributed by atoms with E-state index in [0.717, 1.165) is 34.9 Å². The Hall–Kier alpha value is -1.84. The van der Waals surface area contributed by atoms with Crippen LogP contribution in [0.4, 0.5) is 11.5 Å². The van der Waals surface area contributed by atoms with Crippen molar-refractivity contribution in [2.45, 2.75) is 19.3 Å².